The number of halogens is 3. The summed E-state index contributed by atoms with van der Waals surface area (Å²) < 4.78 is 39.3. The minimum Gasteiger partial charge on any atom is -0.355 e. The van der Waals surface area contributed by atoms with Crippen LogP contribution in [0.5, 0.6) is 0 Å². The molecule has 2 bridgehead atoms. The molecule has 2 fully saturated rings. The molecule has 2 aromatic rings. The lowest BCUT2D eigenvalue weighted by Gasteiger charge is -2.43. The molecule has 2 heterocycles. The van der Waals surface area contributed by atoms with Crippen molar-refractivity contribution in [1.82, 2.24) is 25.5 Å². The number of hydrogen-bond acceptors (Lipinski definition) is 8. The topological polar surface area (TPSA) is 168 Å². The van der Waals surface area contributed by atoms with Crippen LogP contribution in [0.25, 0.3) is 0 Å². The van der Waals surface area contributed by atoms with Gasteiger partial charge in [0, 0.05) is 37.8 Å². The number of fused-ring (bicyclic) bond motifs is 2. The van der Waals surface area contributed by atoms with E-state index in [9.17, 15) is 41.9 Å². The van der Waals surface area contributed by atoms with Gasteiger partial charge < -0.3 is 25.8 Å². The average Bonchev–Trinajstić information content (AvgIpc) is 3.46. The van der Waals surface area contributed by atoms with Crippen molar-refractivity contribution in [3.05, 3.63) is 44.3 Å². The second-order valence-corrected chi connectivity index (χ2v) is 13.2. The van der Waals surface area contributed by atoms with Crippen molar-refractivity contribution in [2.24, 2.45) is 17.8 Å². The molecular formula is C33H47F3N6O6S. The lowest BCUT2D eigenvalue weighted by atomic mass is 9.66. The zero-order valence-corrected chi connectivity index (χ0v) is 29.3. The molecule has 2 aliphatic carbocycles. The van der Waals surface area contributed by atoms with Crippen molar-refractivity contribution in [2.45, 2.75) is 104 Å². The number of thiazole rings is 1. The number of nitrogens with zero attached hydrogens (tertiary/aromatic N) is 2. The number of nitrogens with one attached hydrogen (secondary N) is 4. The number of aryl methyl sites for hydroxylation is 2. The smallest absolute Gasteiger partial charge is 0.355 e. The fourth-order valence-electron chi connectivity index (χ4n) is 6.16. The van der Waals surface area contributed by atoms with Gasteiger partial charge in [-0.2, -0.15) is 13.2 Å². The molecule has 2 aromatic heterocycles. The van der Waals surface area contributed by atoms with E-state index >= 15 is 0 Å². The molecule has 4 rings (SSSR count). The Morgan fingerprint density at radius 1 is 1.14 bits per heavy atom. The molecule has 5 unspecified atom stereocenters. The van der Waals surface area contributed by atoms with Crippen molar-refractivity contribution in [3.8, 4) is 0 Å². The molecule has 272 valence electrons. The summed E-state index contributed by atoms with van der Waals surface area (Å²) in [6.07, 6.45) is 5.40. The van der Waals surface area contributed by atoms with Gasteiger partial charge in [0.1, 0.15) is 10.6 Å². The van der Waals surface area contributed by atoms with Crippen LogP contribution in [-0.4, -0.2) is 58.6 Å². The Labute approximate surface area is 288 Å². The fraction of sp³-hybridized carbons (Fsp3) is 0.606. The highest BCUT2D eigenvalue weighted by Gasteiger charge is 2.38. The number of aromatic nitrogens is 2. The third-order valence-corrected chi connectivity index (χ3v) is 9.70. The maximum atomic E-state index is 12.6. The van der Waals surface area contributed by atoms with Crippen LogP contribution in [-0.2, 0) is 31.9 Å². The summed E-state index contributed by atoms with van der Waals surface area (Å²) in [6, 6.07) is 3.28. The summed E-state index contributed by atoms with van der Waals surface area (Å²) in [5.41, 5.74) is 0.136. The average molecular weight is 713 g/mol. The van der Waals surface area contributed by atoms with Crippen LogP contribution in [0, 0.1) is 24.7 Å². The summed E-state index contributed by atoms with van der Waals surface area (Å²) in [6.45, 7) is 9.70. The number of rotatable bonds is 12. The quantitative estimate of drug-likeness (QED) is 0.186. The predicted molar refractivity (Wildman–Crippen MR) is 180 cm³/mol. The van der Waals surface area contributed by atoms with Crippen LogP contribution in [0.15, 0.2) is 23.1 Å². The van der Waals surface area contributed by atoms with Crippen molar-refractivity contribution in [1.29, 1.82) is 0 Å². The molecule has 0 saturated heterocycles. The Bertz CT molecular complexity index is 1480. The van der Waals surface area contributed by atoms with Gasteiger partial charge in [0.05, 0.1) is 5.69 Å². The normalized spacial score (nSPS) is 20.2. The van der Waals surface area contributed by atoms with Gasteiger partial charge >= 0.3 is 6.18 Å². The summed E-state index contributed by atoms with van der Waals surface area (Å²) >= 11 is 0.273. The molecule has 0 spiro atoms. The first kappa shape index (κ1) is 41.1. The number of carbonyl (C=O) groups is 5. The number of ketones is 1. The second-order valence-electron chi connectivity index (χ2n) is 12.2. The third-order valence-electron chi connectivity index (χ3n) is 8.50. The zero-order valence-electron chi connectivity index (χ0n) is 28.5. The summed E-state index contributed by atoms with van der Waals surface area (Å²) in [5, 5.41) is 9.15. The lowest BCUT2D eigenvalue weighted by Crippen LogP contribution is -2.47. The predicted octanol–water partition coefficient (Wildman–Crippen LogP) is 4.46. The molecule has 12 nitrogen and oxygen atoms in total. The molecule has 16 heteroatoms. The Morgan fingerprint density at radius 2 is 1.86 bits per heavy atom. The summed E-state index contributed by atoms with van der Waals surface area (Å²) in [4.78, 5) is 69.9. The van der Waals surface area contributed by atoms with Gasteiger partial charge in [-0.1, -0.05) is 19.8 Å². The van der Waals surface area contributed by atoms with Gasteiger partial charge in [0.15, 0.2) is 5.01 Å². The van der Waals surface area contributed by atoms with Crippen molar-refractivity contribution < 1.29 is 37.1 Å². The standard InChI is InChI=1S/C14H18F3N3O3S.C11H19NO.C8H10N2O2/c1-4-18-11(22)9(21)6-5-7(2)19-12(23)10-8(3)20-13(24-10)14(15,16)17;1-8-5-9-3-2-4-10(6-9)11(8)12-7-13;1-2-10-5-3-4-7(8(10)12)9-6-11/h7H,4-6H2,1-3H3,(H,18,22)(H,19,23);7-11H,2-6H2,1H3,(H,12,13);3-6H,2H2,1H3,(H,9,11). The maximum Gasteiger partial charge on any atom is 0.443 e. The van der Waals surface area contributed by atoms with E-state index in [1.54, 1.807) is 32.2 Å². The highest BCUT2D eigenvalue weighted by molar-refractivity contribution is 7.13. The van der Waals surface area contributed by atoms with E-state index in [1.165, 1.54) is 43.6 Å². The van der Waals surface area contributed by atoms with Gasteiger partial charge in [0.25, 0.3) is 17.4 Å². The SMILES string of the molecule is CC1CC2CCCC(C2)C1NC=O.CCNC(=O)C(=O)CCC(C)NC(=O)c1sc(C(F)(F)F)nc1C.CCn1cccc(NC=O)c1=O. The number of pyridine rings is 1. The van der Waals surface area contributed by atoms with Crippen molar-refractivity contribution in [3.63, 3.8) is 0 Å². The van der Waals surface area contributed by atoms with E-state index in [-0.39, 0.29) is 40.3 Å². The van der Waals surface area contributed by atoms with E-state index in [2.05, 4.69) is 33.2 Å². The highest BCUT2D eigenvalue weighted by Crippen LogP contribution is 2.42. The van der Waals surface area contributed by atoms with Gasteiger partial charge in [-0.15, -0.1) is 11.3 Å². The number of alkyl halides is 3. The van der Waals surface area contributed by atoms with Crippen LogP contribution in [0.2, 0.25) is 0 Å². The van der Waals surface area contributed by atoms with Gasteiger partial charge in [-0.05, 0) is 83.3 Å². The fourth-order valence-corrected chi connectivity index (χ4v) is 6.99. The second kappa shape index (κ2) is 19.8. The van der Waals surface area contributed by atoms with Crippen LogP contribution >= 0.6 is 11.3 Å². The van der Waals surface area contributed by atoms with E-state index in [0.29, 0.717) is 37.1 Å². The summed E-state index contributed by atoms with van der Waals surface area (Å²) in [7, 11) is 0. The minimum atomic E-state index is -4.60. The number of likely N-dealkylation sites (N-methyl/N-ethyl adjacent to an activating group) is 1. The van der Waals surface area contributed by atoms with Crippen molar-refractivity contribution >= 4 is 47.4 Å². The van der Waals surface area contributed by atoms with E-state index in [4.69, 9.17) is 0 Å². The van der Waals surface area contributed by atoms with Gasteiger partial charge in [-0.3, -0.25) is 28.8 Å². The number of hydrogen-bond donors (Lipinski definition) is 4. The Balaban J connectivity index is 0.000000279. The molecule has 0 aromatic carbocycles. The third kappa shape index (κ3) is 12.7. The molecule has 2 aliphatic rings. The first-order valence-corrected chi connectivity index (χ1v) is 17.2. The van der Waals surface area contributed by atoms with Crippen LogP contribution in [0.4, 0.5) is 18.9 Å². The number of carbonyl (C=O) groups excluding carboxylic acids is 5. The van der Waals surface area contributed by atoms with E-state index < -0.39 is 34.8 Å². The first-order valence-electron chi connectivity index (χ1n) is 16.4. The Hall–Kier alpha value is -4.08. The molecular weight excluding hydrogens is 665 g/mol. The number of anilines is 1. The monoisotopic (exact) mass is 712 g/mol. The number of amides is 4. The number of Topliss-reactive ketones (excluding diaryl/α,β-unsaturated/α-hetero) is 1. The minimum absolute atomic E-state index is 0.00424. The molecule has 5 atom stereocenters. The zero-order chi connectivity index (χ0) is 36.7. The molecule has 0 aliphatic heterocycles. The molecule has 49 heavy (non-hydrogen) atoms. The molecule has 2 saturated carbocycles. The largest absolute Gasteiger partial charge is 0.443 e. The van der Waals surface area contributed by atoms with Crippen LogP contribution in [0.3, 0.4) is 0 Å². The van der Waals surface area contributed by atoms with E-state index in [1.807, 2.05) is 6.92 Å². The Morgan fingerprint density at radius 3 is 2.45 bits per heavy atom. The first-order chi connectivity index (χ1) is 23.2. The molecule has 4 amide bonds. The van der Waals surface area contributed by atoms with Gasteiger partial charge in [0.2, 0.25) is 18.6 Å². The van der Waals surface area contributed by atoms with Crippen molar-refractivity contribution in [2.75, 3.05) is 11.9 Å². The van der Waals surface area contributed by atoms with Gasteiger partial charge in [-0.25, -0.2) is 4.98 Å². The van der Waals surface area contributed by atoms with Crippen LogP contribution in [0.1, 0.15) is 93.0 Å². The molecule has 4 N–H and O–H groups in total. The highest BCUT2D eigenvalue weighted by atomic mass is 32.1. The van der Waals surface area contributed by atoms with E-state index in [0.717, 1.165) is 18.2 Å². The van der Waals surface area contributed by atoms with Crippen LogP contribution < -0.4 is 26.8 Å². The maximum absolute atomic E-state index is 12.6. The summed E-state index contributed by atoms with van der Waals surface area (Å²) in [5.74, 6) is 0.439. The molecule has 0 radical (unpaired) electrons. The Kier molecular flexibility index (Phi) is 16.6. The lowest BCUT2D eigenvalue weighted by molar-refractivity contribution is -0.137.